The maximum atomic E-state index is 11.6. The van der Waals surface area contributed by atoms with E-state index in [1.165, 1.54) is 4.68 Å². The molecule has 0 fully saturated rings. The van der Waals surface area contributed by atoms with E-state index in [9.17, 15) is 4.79 Å². The standard InChI is InChI=1S/C14H16Cl2N4O2S/c1-2-3-6-22-12(21)8-23-14-19-18-13(20(14)17)10-5-4-9(15)7-11(10)16/h4-5,7H,2-3,6,8,17H2,1H3. The molecule has 6 nitrogen and oxygen atoms in total. The van der Waals surface area contributed by atoms with Gasteiger partial charge in [-0.2, -0.15) is 0 Å². The Morgan fingerprint density at radius 2 is 2.17 bits per heavy atom. The maximum absolute atomic E-state index is 11.6. The molecule has 0 aliphatic carbocycles. The number of nitrogens with two attached hydrogens (primary N) is 1. The molecule has 0 unspecified atom stereocenters. The van der Waals surface area contributed by atoms with Gasteiger partial charge < -0.3 is 10.6 Å². The van der Waals surface area contributed by atoms with Crippen LogP contribution in [-0.2, 0) is 9.53 Å². The molecular formula is C14H16Cl2N4O2S. The summed E-state index contributed by atoms with van der Waals surface area (Å²) < 4.78 is 6.36. The summed E-state index contributed by atoms with van der Waals surface area (Å²) in [4.78, 5) is 11.6. The largest absolute Gasteiger partial charge is 0.465 e. The Labute approximate surface area is 148 Å². The molecule has 9 heteroatoms. The highest BCUT2D eigenvalue weighted by molar-refractivity contribution is 7.99. The first-order valence-corrected chi connectivity index (χ1v) is 8.71. The van der Waals surface area contributed by atoms with Crippen molar-refractivity contribution >= 4 is 40.9 Å². The fourth-order valence-corrected chi connectivity index (χ4v) is 2.87. The summed E-state index contributed by atoms with van der Waals surface area (Å²) in [5.74, 6) is 6.18. The zero-order valence-corrected chi connectivity index (χ0v) is 14.8. The molecule has 1 heterocycles. The number of thioether (sulfide) groups is 1. The topological polar surface area (TPSA) is 83.0 Å². The van der Waals surface area contributed by atoms with Crippen molar-refractivity contribution in [3.63, 3.8) is 0 Å². The van der Waals surface area contributed by atoms with E-state index in [2.05, 4.69) is 10.2 Å². The predicted octanol–water partition coefficient (Wildman–Crippen LogP) is 3.40. The van der Waals surface area contributed by atoms with Crippen molar-refractivity contribution in [2.75, 3.05) is 18.2 Å². The van der Waals surface area contributed by atoms with Gasteiger partial charge in [0.2, 0.25) is 5.16 Å². The molecule has 0 atom stereocenters. The Bertz CT molecular complexity index is 693. The Morgan fingerprint density at radius 1 is 1.39 bits per heavy atom. The van der Waals surface area contributed by atoms with Gasteiger partial charge in [-0.15, -0.1) is 10.2 Å². The van der Waals surface area contributed by atoms with E-state index in [1.54, 1.807) is 18.2 Å². The Kier molecular flexibility index (Phi) is 6.56. The van der Waals surface area contributed by atoms with Gasteiger partial charge in [0.05, 0.1) is 17.4 Å². The first-order valence-electron chi connectivity index (χ1n) is 6.97. The van der Waals surface area contributed by atoms with Gasteiger partial charge in [-0.05, 0) is 24.6 Å². The highest BCUT2D eigenvalue weighted by Crippen LogP contribution is 2.30. The summed E-state index contributed by atoms with van der Waals surface area (Å²) >= 11 is 13.2. The van der Waals surface area contributed by atoms with E-state index in [4.69, 9.17) is 33.8 Å². The van der Waals surface area contributed by atoms with Gasteiger partial charge in [0.25, 0.3) is 0 Å². The Hall–Kier alpha value is -1.44. The number of nitrogen functional groups attached to an aromatic ring is 1. The first kappa shape index (κ1) is 17.9. The van der Waals surface area contributed by atoms with Crippen molar-refractivity contribution in [2.45, 2.75) is 24.9 Å². The van der Waals surface area contributed by atoms with Crippen LogP contribution in [0.25, 0.3) is 11.4 Å². The van der Waals surface area contributed by atoms with Crippen LogP contribution < -0.4 is 5.84 Å². The van der Waals surface area contributed by atoms with Gasteiger partial charge in [-0.25, -0.2) is 4.68 Å². The van der Waals surface area contributed by atoms with E-state index in [0.29, 0.717) is 33.2 Å². The van der Waals surface area contributed by atoms with Crippen molar-refractivity contribution in [1.29, 1.82) is 0 Å². The molecule has 0 radical (unpaired) electrons. The fourth-order valence-electron chi connectivity index (χ4n) is 1.73. The van der Waals surface area contributed by atoms with Crippen molar-refractivity contribution < 1.29 is 9.53 Å². The summed E-state index contributed by atoms with van der Waals surface area (Å²) in [7, 11) is 0. The lowest BCUT2D eigenvalue weighted by Crippen LogP contribution is -2.14. The summed E-state index contributed by atoms with van der Waals surface area (Å²) in [6.07, 6.45) is 1.82. The number of esters is 1. The van der Waals surface area contributed by atoms with E-state index in [0.717, 1.165) is 24.6 Å². The number of unbranched alkanes of at least 4 members (excludes halogenated alkanes) is 1. The van der Waals surface area contributed by atoms with E-state index in [-0.39, 0.29) is 11.7 Å². The number of carbonyl (C=O) groups excluding carboxylic acids is 1. The van der Waals surface area contributed by atoms with Gasteiger partial charge in [0.1, 0.15) is 0 Å². The number of rotatable bonds is 7. The molecule has 0 spiro atoms. The van der Waals surface area contributed by atoms with Gasteiger partial charge in [-0.1, -0.05) is 48.3 Å². The SMILES string of the molecule is CCCCOC(=O)CSc1nnc(-c2ccc(Cl)cc2Cl)n1N. The fraction of sp³-hybridized carbons (Fsp3) is 0.357. The molecular weight excluding hydrogens is 359 g/mol. The lowest BCUT2D eigenvalue weighted by molar-refractivity contribution is -0.140. The number of hydrogen-bond acceptors (Lipinski definition) is 6. The van der Waals surface area contributed by atoms with Crippen LogP contribution in [0, 0.1) is 0 Å². The molecule has 0 aliphatic rings. The van der Waals surface area contributed by atoms with Crippen LogP contribution in [0.4, 0.5) is 0 Å². The second-order valence-corrected chi connectivity index (χ2v) is 6.45. The van der Waals surface area contributed by atoms with Gasteiger partial charge in [-0.3, -0.25) is 4.79 Å². The average molecular weight is 375 g/mol. The van der Waals surface area contributed by atoms with Gasteiger partial charge >= 0.3 is 5.97 Å². The molecule has 2 N–H and O–H groups in total. The van der Waals surface area contributed by atoms with Crippen LogP contribution in [0.1, 0.15) is 19.8 Å². The van der Waals surface area contributed by atoms with Crippen molar-refractivity contribution in [3.05, 3.63) is 28.2 Å². The number of hydrogen-bond donors (Lipinski definition) is 1. The van der Waals surface area contributed by atoms with Crippen LogP contribution >= 0.6 is 35.0 Å². The van der Waals surface area contributed by atoms with Crippen LogP contribution in [0.5, 0.6) is 0 Å². The first-order chi connectivity index (χ1) is 11.0. The molecule has 0 aliphatic heterocycles. The minimum Gasteiger partial charge on any atom is -0.465 e. The predicted molar refractivity (Wildman–Crippen MR) is 92.2 cm³/mol. The number of halogens is 2. The van der Waals surface area contributed by atoms with E-state index in [1.807, 2.05) is 6.92 Å². The third-order valence-corrected chi connectivity index (χ3v) is 4.38. The third kappa shape index (κ3) is 4.76. The molecule has 1 aromatic heterocycles. The normalized spacial score (nSPS) is 10.7. The molecule has 2 aromatic rings. The lowest BCUT2D eigenvalue weighted by Gasteiger charge is -2.06. The third-order valence-electron chi connectivity index (χ3n) is 2.92. The Morgan fingerprint density at radius 3 is 2.87 bits per heavy atom. The summed E-state index contributed by atoms with van der Waals surface area (Å²) in [6, 6.07) is 5.01. The lowest BCUT2D eigenvalue weighted by atomic mass is 10.2. The van der Waals surface area contributed by atoms with Crippen molar-refractivity contribution in [2.24, 2.45) is 0 Å². The van der Waals surface area contributed by atoms with Crippen LogP contribution in [-0.4, -0.2) is 33.2 Å². The van der Waals surface area contributed by atoms with Gasteiger partial charge in [0, 0.05) is 10.6 Å². The maximum Gasteiger partial charge on any atom is 0.316 e. The molecule has 0 saturated heterocycles. The number of ether oxygens (including phenoxy) is 1. The summed E-state index contributed by atoms with van der Waals surface area (Å²) in [5.41, 5.74) is 0.614. The van der Waals surface area contributed by atoms with Crippen molar-refractivity contribution in [3.8, 4) is 11.4 Å². The number of nitrogens with zero attached hydrogens (tertiary/aromatic N) is 3. The highest BCUT2D eigenvalue weighted by atomic mass is 35.5. The van der Waals surface area contributed by atoms with Crippen LogP contribution in [0.15, 0.2) is 23.4 Å². The van der Waals surface area contributed by atoms with Crippen molar-refractivity contribution in [1.82, 2.24) is 14.9 Å². The summed E-state index contributed by atoms with van der Waals surface area (Å²) in [6.45, 7) is 2.46. The second kappa shape index (κ2) is 8.42. The van der Waals surface area contributed by atoms with E-state index < -0.39 is 0 Å². The molecule has 1 aromatic carbocycles. The number of benzene rings is 1. The molecule has 0 amide bonds. The molecule has 124 valence electrons. The van der Waals surface area contributed by atoms with Crippen LogP contribution in [0.3, 0.4) is 0 Å². The second-order valence-electron chi connectivity index (χ2n) is 4.66. The molecule has 2 rings (SSSR count). The minimum absolute atomic E-state index is 0.118. The molecule has 0 bridgehead atoms. The Balaban J connectivity index is 2.03. The number of carbonyl (C=O) groups is 1. The zero-order chi connectivity index (χ0) is 16.8. The monoisotopic (exact) mass is 374 g/mol. The molecule has 23 heavy (non-hydrogen) atoms. The van der Waals surface area contributed by atoms with Crippen LogP contribution in [0.2, 0.25) is 10.0 Å². The smallest absolute Gasteiger partial charge is 0.316 e. The average Bonchev–Trinajstić information content (AvgIpc) is 2.86. The summed E-state index contributed by atoms with van der Waals surface area (Å²) in [5, 5.41) is 9.34. The quantitative estimate of drug-likeness (QED) is 0.346. The zero-order valence-electron chi connectivity index (χ0n) is 12.5. The van der Waals surface area contributed by atoms with Gasteiger partial charge in [0.15, 0.2) is 5.82 Å². The minimum atomic E-state index is -0.308. The van der Waals surface area contributed by atoms with E-state index >= 15 is 0 Å². The molecule has 0 saturated carbocycles. The number of aromatic nitrogens is 3. The highest BCUT2D eigenvalue weighted by Gasteiger charge is 2.16.